The number of nitrogens with zero attached hydrogens (tertiary/aromatic N) is 2. The van der Waals surface area contributed by atoms with Gasteiger partial charge in [0.2, 0.25) is 0 Å². The van der Waals surface area contributed by atoms with Crippen LogP contribution in [-0.4, -0.2) is 10.2 Å². The molecule has 0 unspecified atom stereocenters. The first-order chi connectivity index (χ1) is 9.90. The van der Waals surface area contributed by atoms with Crippen molar-refractivity contribution in [3.8, 4) is 0 Å². The van der Waals surface area contributed by atoms with Gasteiger partial charge in [-0.25, -0.2) is 0 Å². The molecule has 0 amide bonds. The first-order valence-electron chi connectivity index (χ1n) is 7.26. The number of nitrogens with one attached hydrogen (secondary N) is 1. The molecule has 4 heteroatoms. The van der Waals surface area contributed by atoms with Crippen molar-refractivity contribution in [2.24, 2.45) is 0 Å². The van der Waals surface area contributed by atoms with E-state index in [1.54, 1.807) is 0 Å². The molecule has 1 atom stereocenters. The highest BCUT2D eigenvalue weighted by molar-refractivity contribution is 6.30. The summed E-state index contributed by atoms with van der Waals surface area (Å²) < 4.78 is 0. The average molecular weight is 304 g/mol. The van der Waals surface area contributed by atoms with E-state index in [2.05, 4.69) is 50.1 Å². The summed E-state index contributed by atoms with van der Waals surface area (Å²) in [7, 11) is 0. The van der Waals surface area contributed by atoms with Gasteiger partial charge in [0.05, 0.1) is 11.7 Å². The van der Waals surface area contributed by atoms with Crippen molar-refractivity contribution in [2.45, 2.75) is 46.6 Å². The van der Waals surface area contributed by atoms with E-state index in [0.29, 0.717) is 5.92 Å². The SMILES string of the molecule is Cc1c(N[C@H](C)c2ccc(Cl)cc2)nnc(C(C)C)c1C. The van der Waals surface area contributed by atoms with Crippen LogP contribution in [0.25, 0.3) is 0 Å². The summed E-state index contributed by atoms with van der Waals surface area (Å²) in [4.78, 5) is 0. The molecule has 3 nitrogen and oxygen atoms in total. The highest BCUT2D eigenvalue weighted by Crippen LogP contribution is 2.26. The molecule has 2 rings (SSSR count). The molecule has 0 radical (unpaired) electrons. The van der Waals surface area contributed by atoms with E-state index in [4.69, 9.17) is 11.6 Å². The minimum atomic E-state index is 0.152. The van der Waals surface area contributed by atoms with Crippen molar-refractivity contribution in [1.82, 2.24) is 10.2 Å². The van der Waals surface area contributed by atoms with Crippen LogP contribution in [-0.2, 0) is 0 Å². The van der Waals surface area contributed by atoms with Crippen molar-refractivity contribution >= 4 is 17.4 Å². The number of hydrogen-bond acceptors (Lipinski definition) is 3. The fourth-order valence-electron chi connectivity index (χ4n) is 2.35. The molecule has 112 valence electrons. The first-order valence-corrected chi connectivity index (χ1v) is 7.63. The highest BCUT2D eigenvalue weighted by atomic mass is 35.5. The molecule has 0 fully saturated rings. The predicted molar refractivity (Wildman–Crippen MR) is 89.1 cm³/mol. The minimum absolute atomic E-state index is 0.152. The van der Waals surface area contributed by atoms with Gasteiger partial charge in [0.1, 0.15) is 0 Å². The smallest absolute Gasteiger partial charge is 0.152 e. The quantitative estimate of drug-likeness (QED) is 0.859. The Morgan fingerprint density at radius 3 is 2.14 bits per heavy atom. The second kappa shape index (κ2) is 6.44. The zero-order chi connectivity index (χ0) is 15.6. The summed E-state index contributed by atoms with van der Waals surface area (Å²) in [6.07, 6.45) is 0. The molecule has 0 aliphatic heterocycles. The molecular weight excluding hydrogens is 282 g/mol. The van der Waals surface area contributed by atoms with Crippen LogP contribution in [0.5, 0.6) is 0 Å². The van der Waals surface area contributed by atoms with Gasteiger partial charge in [-0.3, -0.25) is 0 Å². The fraction of sp³-hybridized carbons (Fsp3) is 0.412. The highest BCUT2D eigenvalue weighted by Gasteiger charge is 2.14. The number of hydrogen-bond donors (Lipinski definition) is 1. The zero-order valence-corrected chi connectivity index (χ0v) is 14.0. The molecule has 0 spiro atoms. The monoisotopic (exact) mass is 303 g/mol. The summed E-state index contributed by atoms with van der Waals surface area (Å²) in [6, 6.07) is 8.01. The number of rotatable bonds is 4. The third-order valence-electron chi connectivity index (χ3n) is 3.83. The van der Waals surface area contributed by atoms with Crippen molar-refractivity contribution in [2.75, 3.05) is 5.32 Å². The molecule has 0 bridgehead atoms. The Balaban J connectivity index is 2.23. The van der Waals surface area contributed by atoms with Crippen LogP contribution in [0.1, 0.15) is 55.1 Å². The molecule has 2 aromatic rings. The van der Waals surface area contributed by atoms with Gasteiger partial charge in [-0.2, -0.15) is 5.10 Å². The standard InChI is InChI=1S/C17H22ClN3/c1-10(2)16-11(3)12(4)17(21-20-16)19-13(5)14-6-8-15(18)9-7-14/h6-10,13H,1-5H3,(H,19,21)/t13-/m1/s1. The Morgan fingerprint density at radius 1 is 0.952 bits per heavy atom. The maximum Gasteiger partial charge on any atom is 0.152 e. The van der Waals surface area contributed by atoms with Gasteiger partial charge in [-0.05, 0) is 55.5 Å². The van der Waals surface area contributed by atoms with E-state index in [-0.39, 0.29) is 6.04 Å². The molecule has 0 saturated carbocycles. The van der Waals surface area contributed by atoms with Gasteiger partial charge < -0.3 is 5.32 Å². The van der Waals surface area contributed by atoms with E-state index in [9.17, 15) is 0 Å². The van der Waals surface area contributed by atoms with Gasteiger partial charge in [0.25, 0.3) is 0 Å². The fourth-order valence-corrected chi connectivity index (χ4v) is 2.48. The van der Waals surface area contributed by atoms with Crippen LogP contribution < -0.4 is 5.32 Å². The third kappa shape index (κ3) is 3.53. The lowest BCUT2D eigenvalue weighted by Crippen LogP contribution is -2.12. The molecule has 21 heavy (non-hydrogen) atoms. The number of aromatic nitrogens is 2. The molecule has 1 N–H and O–H groups in total. The number of halogens is 1. The van der Waals surface area contributed by atoms with E-state index in [1.807, 2.05) is 24.3 Å². The maximum absolute atomic E-state index is 5.93. The Hall–Kier alpha value is -1.61. The lowest BCUT2D eigenvalue weighted by Gasteiger charge is -2.19. The summed E-state index contributed by atoms with van der Waals surface area (Å²) in [5.41, 5.74) is 4.61. The molecule has 1 heterocycles. The molecular formula is C17H22ClN3. The van der Waals surface area contributed by atoms with Gasteiger partial charge in [0, 0.05) is 5.02 Å². The molecule has 1 aromatic heterocycles. The van der Waals surface area contributed by atoms with Gasteiger partial charge in [-0.15, -0.1) is 5.10 Å². The lowest BCUT2D eigenvalue weighted by molar-refractivity contribution is 0.762. The Morgan fingerprint density at radius 2 is 1.57 bits per heavy atom. The van der Waals surface area contributed by atoms with Gasteiger partial charge in [0.15, 0.2) is 5.82 Å². The van der Waals surface area contributed by atoms with Crippen molar-refractivity contribution in [3.63, 3.8) is 0 Å². The summed E-state index contributed by atoms with van der Waals surface area (Å²) in [6.45, 7) is 10.6. The van der Waals surface area contributed by atoms with E-state index in [0.717, 1.165) is 22.1 Å². The summed E-state index contributed by atoms with van der Waals surface area (Å²) in [5.74, 6) is 1.23. The number of anilines is 1. The van der Waals surface area contributed by atoms with Crippen molar-refractivity contribution in [1.29, 1.82) is 0 Å². The zero-order valence-electron chi connectivity index (χ0n) is 13.2. The van der Waals surface area contributed by atoms with Crippen LogP contribution >= 0.6 is 11.6 Å². The van der Waals surface area contributed by atoms with Gasteiger partial charge >= 0.3 is 0 Å². The van der Waals surface area contributed by atoms with E-state index < -0.39 is 0 Å². The second-order valence-electron chi connectivity index (χ2n) is 5.76. The van der Waals surface area contributed by atoms with Crippen LogP contribution in [0.2, 0.25) is 5.02 Å². The topological polar surface area (TPSA) is 37.8 Å². The Labute approximate surface area is 131 Å². The average Bonchev–Trinajstić information content (AvgIpc) is 2.44. The van der Waals surface area contributed by atoms with Crippen LogP contribution in [0, 0.1) is 13.8 Å². The predicted octanol–water partition coefficient (Wildman–Crippen LogP) is 5.04. The largest absolute Gasteiger partial charge is 0.362 e. The Kier molecular flexibility index (Phi) is 4.84. The minimum Gasteiger partial charge on any atom is -0.362 e. The summed E-state index contributed by atoms with van der Waals surface area (Å²) in [5, 5.41) is 12.9. The number of benzene rings is 1. The van der Waals surface area contributed by atoms with Crippen LogP contribution in [0.4, 0.5) is 5.82 Å². The first kappa shape index (κ1) is 15.8. The Bertz CT molecular complexity index is 621. The van der Waals surface area contributed by atoms with Crippen LogP contribution in [0.3, 0.4) is 0 Å². The van der Waals surface area contributed by atoms with E-state index in [1.165, 1.54) is 11.1 Å². The third-order valence-corrected chi connectivity index (χ3v) is 4.08. The van der Waals surface area contributed by atoms with Crippen molar-refractivity contribution in [3.05, 3.63) is 51.7 Å². The molecule has 1 aromatic carbocycles. The van der Waals surface area contributed by atoms with Crippen LogP contribution in [0.15, 0.2) is 24.3 Å². The second-order valence-corrected chi connectivity index (χ2v) is 6.19. The normalized spacial score (nSPS) is 12.5. The maximum atomic E-state index is 5.93. The molecule has 0 saturated heterocycles. The van der Waals surface area contributed by atoms with Gasteiger partial charge in [-0.1, -0.05) is 37.6 Å². The van der Waals surface area contributed by atoms with E-state index >= 15 is 0 Å². The summed E-state index contributed by atoms with van der Waals surface area (Å²) >= 11 is 5.93. The molecule has 0 aliphatic carbocycles. The molecule has 0 aliphatic rings. The lowest BCUT2D eigenvalue weighted by atomic mass is 10.0. The van der Waals surface area contributed by atoms with Crippen molar-refractivity contribution < 1.29 is 0 Å².